The van der Waals surface area contributed by atoms with Crippen molar-refractivity contribution in [2.24, 2.45) is 0 Å². The summed E-state index contributed by atoms with van der Waals surface area (Å²) >= 11 is 0. The number of nitrogens with zero attached hydrogens (tertiary/aromatic N) is 5. The lowest BCUT2D eigenvalue weighted by molar-refractivity contribution is -0.128. The summed E-state index contributed by atoms with van der Waals surface area (Å²) in [5.41, 5.74) is 0.338. The highest BCUT2D eigenvalue weighted by molar-refractivity contribution is 5.46. The number of halogens is 3. The van der Waals surface area contributed by atoms with Crippen molar-refractivity contribution in [2.75, 3.05) is 18.0 Å². The molecule has 1 aliphatic heterocycles. The molecule has 0 bridgehead atoms. The summed E-state index contributed by atoms with van der Waals surface area (Å²) in [6.07, 6.45) is -2.09. The van der Waals surface area contributed by atoms with Crippen LogP contribution in [0.15, 0.2) is 12.1 Å². The van der Waals surface area contributed by atoms with Crippen LogP contribution in [0.3, 0.4) is 0 Å². The van der Waals surface area contributed by atoms with Gasteiger partial charge in [-0.05, 0) is 31.4 Å². The molecule has 3 rings (SSSR count). The minimum absolute atomic E-state index is 0.175. The molecule has 0 saturated carbocycles. The van der Waals surface area contributed by atoms with Gasteiger partial charge < -0.3 is 4.90 Å². The smallest absolute Gasteiger partial charge is 0.355 e. The van der Waals surface area contributed by atoms with Gasteiger partial charge in [0.15, 0.2) is 11.5 Å². The average Bonchev–Trinajstić information content (AvgIpc) is 2.80. The number of alkyl halides is 3. The van der Waals surface area contributed by atoms with E-state index in [1.807, 2.05) is 0 Å². The molecule has 0 radical (unpaired) electrons. The first-order valence-corrected chi connectivity index (χ1v) is 6.56. The van der Waals surface area contributed by atoms with Crippen molar-refractivity contribution in [3.05, 3.63) is 18.0 Å². The predicted molar refractivity (Wildman–Crippen MR) is 66.6 cm³/mol. The van der Waals surface area contributed by atoms with Gasteiger partial charge >= 0.3 is 6.18 Å². The number of piperidine rings is 1. The van der Waals surface area contributed by atoms with E-state index in [1.54, 1.807) is 12.1 Å². The van der Waals surface area contributed by atoms with E-state index in [9.17, 15) is 13.2 Å². The zero-order chi connectivity index (χ0) is 14.2. The van der Waals surface area contributed by atoms with Crippen molar-refractivity contribution in [3.63, 3.8) is 0 Å². The fourth-order valence-corrected chi connectivity index (χ4v) is 2.40. The van der Waals surface area contributed by atoms with Crippen LogP contribution in [0, 0.1) is 0 Å². The van der Waals surface area contributed by atoms with Gasteiger partial charge in [-0.15, -0.1) is 15.3 Å². The molecule has 20 heavy (non-hydrogen) atoms. The zero-order valence-electron chi connectivity index (χ0n) is 10.8. The summed E-state index contributed by atoms with van der Waals surface area (Å²) in [6, 6.07) is 3.44. The van der Waals surface area contributed by atoms with Gasteiger partial charge in [0.25, 0.3) is 0 Å². The minimum atomic E-state index is -4.31. The average molecular weight is 285 g/mol. The molecular weight excluding hydrogens is 271 g/mol. The molecule has 1 fully saturated rings. The van der Waals surface area contributed by atoms with Gasteiger partial charge in [-0.25, -0.2) is 0 Å². The second kappa shape index (κ2) is 4.92. The number of anilines is 1. The quantitative estimate of drug-likeness (QED) is 0.849. The van der Waals surface area contributed by atoms with Crippen LogP contribution >= 0.6 is 0 Å². The SMILES string of the molecule is FC(F)(F)Cc1nnc2ccc(N3CCCCC3)nn12. The van der Waals surface area contributed by atoms with E-state index in [1.165, 1.54) is 10.9 Å². The summed E-state index contributed by atoms with van der Waals surface area (Å²) < 4.78 is 38.6. The summed E-state index contributed by atoms with van der Waals surface area (Å²) in [7, 11) is 0. The Balaban J connectivity index is 1.94. The maximum Gasteiger partial charge on any atom is 0.396 e. The van der Waals surface area contributed by atoms with Crippen molar-refractivity contribution < 1.29 is 13.2 Å². The molecule has 0 atom stereocenters. The number of hydrogen-bond acceptors (Lipinski definition) is 4. The Labute approximate surface area is 113 Å². The molecule has 2 aromatic heterocycles. The molecule has 108 valence electrons. The van der Waals surface area contributed by atoms with Crippen molar-refractivity contribution >= 4 is 11.5 Å². The van der Waals surface area contributed by atoms with Gasteiger partial charge in [-0.2, -0.15) is 17.7 Å². The fraction of sp³-hybridized carbons (Fsp3) is 0.583. The van der Waals surface area contributed by atoms with Gasteiger partial charge in [-0.3, -0.25) is 0 Å². The molecule has 5 nitrogen and oxygen atoms in total. The van der Waals surface area contributed by atoms with Crippen LogP contribution in [0.25, 0.3) is 5.65 Å². The molecule has 1 saturated heterocycles. The molecule has 0 aliphatic carbocycles. The molecule has 0 aromatic carbocycles. The summed E-state index contributed by atoms with van der Waals surface area (Å²) in [6.45, 7) is 1.77. The Hall–Kier alpha value is -1.86. The van der Waals surface area contributed by atoms with Crippen LogP contribution in [0.1, 0.15) is 25.1 Å². The highest BCUT2D eigenvalue weighted by Crippen LogP contribution is 2.22. The van der Waals surface area contributed by atoms with Gasteiger partial charge in [-0.1, -0.05) is 0 Å². The zero-order valence-corrected chi connectivity index (χ0v) is 10.8. The Morgan fingerprint density at radius 1 is 1.05 bits per heavy atom. The molecule has 0 spiro atoms. The largest absolute Gasteiger partial charge is 0.396 e. The lowest BCUT2D eigenvalue weighted by Gasteiger charge is -2.27. The van der Waals surface area contributed by atoms with E-state index in [2.05, 4.69) is 20.2 Å². The Bertz CT molecular complexity index is 601. The topological polar surface area (TPSA) is 46.3 Å². The summed E-state index contributed by atoms with van der Waals surface area (Å²) in [5.74, 6) is 0.506. The maximum atomic E-state index is 12.5. The van der Waals surface area contributed by atoms with Gasteiger partial charge in [0, 0.05) is 13.1 Å². The van der Waals surface area contributed by atoms with E-state index < -0.39 is 12.6 Å². The molecule has 0 amide bonds. The number of fused-ring (bicyclic) bond motifs is 1. The third kappa shape index (κ3) is 2.68. The van der Waals surface area contributed by atoms with E-state index in [0.717, 1.165) is 25.9 Å². The van der Waals surface area contributed by atoms with Crippen molar-refractivity contribution in [1.82, 2.24) is 19.8 Å². The Morgan fingerprint density at radius 2 is 1.80 bits per heavy atom. The van der Waals surface area contributed by atoms with Crippen LogP contribution in [-0.2, 0) is 6.42 Å². The molecule has 1 aliphatic rings. The Kier molecular flexibility index (Phi) is 3.23. The van der Waals surface area contributed by atoms with Crippen LogP contribution in [0.4, 0.5) is 19.0 Å². The minimum Gasteiger partial charge on any atom is -0.355 e. The van der Waals surface area contributed by atoms with E-state index in [0.29, 0.717) is 11.5 Å². The third-order valence-electron chi connectivity index (χ3n) is 3.35. The molecule has 2 aromatic rings. The first-order chi connectivity index (χ1) is 9.53. The van der Waals surface area contributed by atoms with Crippen molar-refractivity contribution in [2.45, 2.75) is 31.9 Å². The number of hydrogen-bond donors (Lipinski definition) is 0. The van der Waals surface area contributed by atoms with E-state index in [-0.39, 0.29) is 5.82 Å². The van der Waals surface area contributed by atoms with Crippen molar-refractivity contribution in [3.8, 4) is 0 Å². The van der Waals surface area contributed by atoms with Crippen LogP contribution < -0.4 is 4.90 Å². The fourth-order valence-electron chi connectivity index (χ4n) is 2.40. The van der Waals surface area contributed by atoms with Gasteiger partial charge in [0.2, 0.25) is 0 Å². The molecule has 0 unspecified atom stereocenters. The second-order valence-electron chi connectivity index (χ2n) is 4.92. The highest BCUT2D eigenvalue weighted by Gasteiger charge is 2.31. The molecule has 0 N–H and O–H groups in total. The van der Waals surface area contributed by atoms with Crippen molar-refractivity contribution in [1.29, 1.82) is 0 Å². The van der Waals surface area contributed by atoms with Crippen LogP contribution in [0.2, 0.25) is 0 Å². The molecule has 3 heterocycles. The van der Waals surface area contributed by atoms with E-state index >= 15 is 0 Å². The summed E-state index contributed by atoms with van der Waals surface area (Å²) in [4.78, 5) is 2.08. The predicted octanol–water partition coefficient (Wildman–Crippen LogP) is 2.22. The number of aromatic nitrogens is 4. The van der Waals surface area contributed by atoms with Crippen LogP contribution in [-0.4, -0.2) is 39.1 Å². The number of rotatable bonds is 2. The highest BCUT2D eigenvalue weighted by atomic mass is 19.4. The first kappa shape index (κ1) is 13.1. The standard InChI is InChI=1S/C12H14F3N5/c13-12(14,15)8-11-17-16-9-4-5-10(18-20(9)11)19-6-2-1-3-7-19/h4-5H,1-3,6-8H2. The van der Waals surface area contributed by atoms with E-state index in [4.69, 9.17) is 0 Å². The molecule has 8 heteroatoms. The normalized spacial score (nSPS) is 16.9. The third-order valence-corrected chi connectivity index (χ3v) is 3.35. The van der Waals surface area contributed by atoms with Crippen LogP contribution in [0.5, 0.6) is 0 Å². The lowest BCUT2D eigenvalue weighted by Crippen LogP contribution is -2.30. The van der Waals surface area contributed by atoms with Gasteiger partial charge in [0.05, 0.1) is 0 Å². The molecular formula is C12H14F3N5. The maximum absolute atomic E-state index is 12.5. The lowest BCUT2D eigenvalue weighted by atomic mass is 10.1. The monoisotopic (exact) mass is 285 g/mol. The van der Waals surface area contributed by atoms with Gasteiger partial charge in [0.1, 0.15) is 12.2 Å². The Morgan fingerprint density at radius 3 is 2.50 bits per heavy atom. The first-order valence-electron chi connectivity index (χ1n) is 6.56. The summed E-state index contributed by atoms with van der Waals surface area (Å²) in [5, 5.41) is 11.6. The second-order valence-corrected chi connectivity index (χ2v) is 4.92.